The van der Waals surface area contributed by atoms with Crippen molar-refractivity contribution in [2.24, 2.45) is 17.1 Å². The maximum absolute atomic E-state index is 5.94. The molecule has 0 spiro atoms. The van der Waals surface area contributed by atoms with Gasteiger partial charge in [-0.25, -0.2) is 0 Å². The number of nitrogens with zero attached hydrogens (tertiary/aromatic N) is 1. The van der Waals surface area contributed by atoms with Crippen molar-refractivity contribution >= 4 is 0 Å². The molecular weight excluding hydrogens is 196 g/mol. The summed E-state index contributed by atoms with van der Waals surface area (Å²) in [5.74, 6) is 0.876. The van der Waals surface area contributed by atoms with Crippen molar-refractivity contribution in [3.63, 3.8) is 0 Å². The van der Waals surface area contributed by atoms with Crippen molar-refractivity contribution < 1.29 is 0 Å². The van der Waals surface area contributed by atoms with Crippen LogP contribution in [0.15, 0.2) is 30.3 Å². The van der Waals surface area contributed by atoms with Crippen LogP contribution in [0, 0.1) is 11.3 Å². The quantitative estimate of drug-likeness (QED) is 0.835. The third-order valence-corrected chi connectivity index (χ3v) is 4.53. The molecule has 2 atom stereocenters. The number of likely N-dealkylation sites (tertiary alicyclic amines) is 1. The summed E-state index contributed by atoms with van der Waals surface area (Å²) in [6.45, 7) is 4.44. The highest BCUT2D eigenvalue weighted by Gasteiger charge is 2.51. The van der Waals surface area contributed by atoms with E-state index in [1.165, 1.54) is 31.5 Å². The van der Waals surface area contributed by atoms with Crippen LogP contribution in [0.4, 0.5) is 0 Å². The minimum Gasteiger partial charge on any atom is -0.330 e. The molecule has 0 radical (unpaired) electrons. The molecule has 3 rings (SSSR count). The molecule has 2 nitrogen and oxygen atoms in total. The van der Waals surface area contributed by atoms with Gasteiger partial charge in [0.25, 0.3) is 0 Å². The lowest BCUT2D eigenvalue weighted by Crippen LogP contribution is -2.45. The normalized spacial score (nSPS) is 33.4. The van der Waals surface area contributed by atoms with E-state index in [1.807, 2.05) is 0 Å². The van der Waals surface area contributed by atoms with E-state index >= 15 is 0 Å². The molecule has 1 aromatic rings. The molecule has 2 N–H and O–H groups in total. The summed E-state index contributed by atoms with van der Waals surface area (Å²) in [6, 6.07) is 10.8. The van der Waals surface area contributed by atoms with Crippen LogP contribution >= 0.6 is 0 Å². The van der Waals surface area contributed by atoms with Gasteiger partial charge in [0.2, 0.25) is 0 Å². The van der Waals surface area contributed by atoms with Gasteiger partial charge in [0.05, 0.1) is 0 Å². The average Bonchev–Trinajstić information content (AvgIpc) is 2.54. The predicted molar refractivity (Wildman–Crippen MR) is 65.9 cm³/mol. The Morgan fingerprint density at radius 1 is 1.31 bits per heavy atom. The molecule has 0 bridgehead atoms. The van der Waals surface area contributed by atoms with Gasteiger partial charge in [-0.15, -0.1) is 0 Å². The molecule has 16 heavy (non-hydrogen) atoms. The third-order valence-electron chi connectivity index (χ3n) is 4.53. The van der Waals surface area contributed by atoms with Crippen molar-refractivity contribution in [3.8, 4) is 0 Å². The number of hydrogen-bond donors (Lipinski definition) is 1. The van der Waals surface area contributed by atoms with E-state index in [-0.39, 0.29) is 0 Å². The SMILES string of the molecule is NCC12CCC1CN(Cc1ccccc1)C2. The van der Waals surface area contributed by atoms with Crippen molar-refractivity contribution in [1.82, 2.24) is 4.90 Å². The number of fused-ring (bicyclic) bond motifs is 1. The first kappa shape index (κ1) is 10.3. The molecule has 1 aliphatic carbocycles. The van der Waals surface area contributed by atoms with Gasteiger partial charge < -0.3 is 5.73 Å². The molecule has 2 aliphatic rings. The summed E-state index contributed by atoms with van der Waals surface area (Å²) >= 11 is 0. The van der Waals surface area contributed by atoms with E-state index in [9.17, 15) is 0 Å². The lowest BCUT2D eigenvalue weighted by Gasteiger charge is -2.43. The van der Waals surface area contributed by atoms with Crippen LogP contribution in [0.1, 0.15) is 18.4 Å². The van der Waals surface area contributed by atoms with Gasteiger partial charge in [-0.2, -0.15) is 0 Å². The Labute approximate surface area is 97.4 Å². The topological polar surface area (TPSA) is 29.3 Å². The maximum atomic E-state index is 5.94. The third kappa shape index (κ3) is 1.57. The number of rotatable bonds is 3. The second-order valence-corrected chi connectivity index (χ2v) is 5.46. The first-order chi connectivity index (χ1) is 7.82. The summed E-state index contributed by atoms with van der Waals surface area (Å²) in [7, 11) is 0. The van der Waals surface area contributed by atoms with Crippen LogP contribution < -0.4 is 5.73 Å². The summed E-state index contributed by atoms with van der Waals surface area (Å²) in [6.07, 6.45) is 2.74. The highest BCUT2D eigenvalue weighted by Crippen LogP contribution is 2.51. The summed E-state index contributed by atoms with van der Waals surface area (Å²) in [4.78, 5) is 2.58. The maximum Gasteiger partial charge on any atom is 0.0234 e. The molecule has 0 amide bonds. The second kappa shape index (κ2) is 3.86. The van der Waals surface area contributed by atoms with Crippen LogP contribution in [0.5, 0.6) is 0 Å². The molecule has 2 unspecified atom stereocenters. The van der Waals surface area contributed by atoms with Crippen molar-refractivity contribution in [2.45, 2.75) is 19.4 Å². The Morgan fingerprint density at radius 2 is 2.12 bits per heavy atom. The largest absolute Gasteiger partial charge is 0.330 e. The van der Waals surface area contributed by atoms with Gasteiger partial charge in [0.15, 0.2) is 0 Å². The Morgan fingerprint density at radius 3 is 2.69 bits per heavy atom. The van der Waals surface area contributed by atoms with E-state index in [0.717, 1.165) is 19.0 Å². The number of hydrogen-bond acceptors (Lipinski definition) is 2. The van der Waals surface area contributed by atoms with E-state index in [0.29, 0.717) is 5.41 Å². The van der Waals surface area contributed by atoms with Crippen molar-refractivity contribution in [1.29, 1.82) is 0 Å². The number of benzene rings is 1. The molecule has 1 heterocycles. The summed E-state index contributed by atoms with van der Waals surface area (Å²) < 4.78 is 0. The van der Waals surface area contributed by atoms with Gasteiger partial charge in [0.1, 0.15) is 0 Å². The fourth-order valence-electron chi connectivity index (χ4n) is 3.37. The van der Waals surface area contributed by atoms with Crippen LogP contribution in [0.3, 0.4) is 0 Å². The van der Waals surface area contributed by atoms with Crippen molar-refractivity contribution in [3.05, 3.63) is 35.9 Å². The molecule has 0 aromatic heterocycles. The Balaban J connectivity index is 1.66. The smallest absolute Gasteiger partial charge is 0.0234 e. The summed E-state index contributed by atoms with van der Waals surface area (Å²) in [5.41, 5.74) is 7.85. The fraction of sp³-hybridized carbons (Fsp3) is 0.571. The second-order valence-electron chi connectivity index (χ2n) is 5.46. The zero-order chi connectivity index (χ0) is 11.0. The van der Waals surface area contributed by atoms with E-state index < -0.39 is 0 Å². The molecule has 86 valence electrons. The average molecular weight is 216 g/mol. The standard InChI is InChI=1S/C14H20N2/c15-10-14-7-6-13(14)9-16(11-14)8-12-4-2-1-3-5-12/h1-5,13H,6-11,15H2. The van der Waals surface area contributed by atoms with Crippen molar-refractivity contribution in [2.75, 3.05) is 19.6 Å². The molecule has 1 saturated heterocycles. The Kier molecular flexibility index (Phi) is 2.49. The van der Waals surface area contributed by atoms with E-state index in [2.05, 4.69) is 35.2 Å². The lowest BCUT2D eigenvalue weighted by molar-refractivity contribution is 0.0945. The van der Waals surface area contributed by atoms with Gasteiger partial charge >= 0.3 is 0 Å². The molecule has 2 heteroatoms. The van der Waals surface area contributed by atoms with E-state index in [4.69, 9.17) is 5.73 Å². The zero-order valence-corrected chi connectivity index (χ0v) is 9.73. The lowest BCUT2D eigenvalue weighted by atomic mass is 9.62. The molecular formula is C14H20N2. The van der Waals surface area contributed by atoms with Crippen LogP contribution in [-0.2, 0) is 6.54 Å². The van der Waals surface area contributed by atoms with E-state index in [1.54, 1.807) is 0 Å². The molecule has 1 aliphatic heterocycles. The zero-order valence-electron chi connectivity index (χ0n) is 9.73. The molecule has 1 saturated carbocycles. The first-order valence-electron chi connectivity index (χ1n) is 6.29. The monoisotopic (exact) mass is 216 g/mol. The molecule has 2 fully saturated rings. The van der Waals surface area contributed by atoms with Crippen LogP contribution in [0.25, 0.3) is 0 Å². The van der Waals surface area contributed by atoms with Gasteiger partial charge in [-0.05, 0) is 36.3 Å². The van der Waals surface area contributed by atoms with Gasteiger partial charge in [0, 0.05) is 19.6 Å². The van der Waals surface area contributed by atoms with Gasteiger partial charge in [-0.3, -0.25) is 4.90 Å². The van der Waals surface area contributed by atoms with Gasteiger partial charge in [-0.1, -0.05) is 30.3 Å². The van der Waals surface area contributed by atoms with Crippen LogP contribution in [-0.4, -0.2) is 24.5 Å². The minimum atomic E-state index is 0.481. The molecule has 1 aromatic carbocycles. The minimum absolute atomic E-state index is 0.481. The predicted octanol–water partition coefficient (Wildman–Crippen LogP) is 1.86. The highest BCUT2D eigenvalue weighted by molar-refractivity contribution is 5.15. The fourth-order valence-corrected chi connectivity index (χ4v) is 3.37. The van der Waals surface area contributed by atoms with Crippen LogP contribution in [0.2, 0.25) is 0 Å². The summed E-state index contributed by atoms with van der Waals surface area (Å²) in [5, 5.41) is 0. The first-order valence-corrected chi connectivity index (χ1v) is 6.29. The number of nitrogens with two attached hydrogens (primary N) is 1. The Bertz CT molecular complexity index is 358. The highest BCUT2D eigenvalue weighted by atomic mass is 15.2. The Hall–Kier alpha value is -0.860.